The Bertz CT molecular complexity index is 954. The van der Waals surface area contributed by atoms with Crippen LogP contribution in [0.4, 0.5) is 4.39 Å². The second kappa shape index (κ2) is 9.54. The van der Waals surface area contributed by atoms with Gasteiger partial charge in [0.1, 0.15) is 17.3 Å². The topological polar surface area (TPSA) is 87.1 Å². The molecule has 0 bridgehead atoms. The molecule has 0 unspecified atom stereocenters. The highest BCUT2D eigenvalue weighted by molar-refractivity contribution is 6.46. The lowest BCUT2D eigenvalue weighted by Gasteiger charge is -2.25. The number of amides is 1. The third kappa shape index (κ3) is 4.21. The lowest BCUT2D eigenvalue weighted by molar-refractivity contribution is -0.140. The molecule has 2 N–H and O–H groups in total. The molecule has 2 aromatic rings. The van der Waals surface area contributed by atoms with Gasteiger partial charge in [0.15, 0.2) is 0 Å². The first-order chi connectivity index (χ1) is 14.5. The van der Waals surface area contributed by atoms with Crippen LogP contribution in [0, 0.1) is 5.82 Å². The van der Waals surface area contributed by atoms with Crippen molar-refractivity contribution in [2.75, 3.05) is 19.8 Å². The highest BCUT2D eigenvalue weighted by Crippen LogP contribution is 2.40. The average Bonchev–Trinajstić information content (AvgIpc) is 3.01. The lowest BCUT2D eigenvalue weighted by atomic mass is 9.95. The monoisotopic (exact) mass is 413 g/mol. The molecule has 1 atom stereocenters. The summed E-state index contributed by atoms with van der Waals surface area (Å²) >= 11 is 0. The molecule has 0 radical (unpaired) electrons. The van der Waals surface area contributed by atoms with Crippen LogP contribution in [-0.4, -0.2) is 46.6 Å². The van der Waals surface area contributed by atoms with Crippen molar-refractivity contribution in [3.05, 3.63) is 71.0 Å². The second-order valence-electron chi connectivity index (χ2n) is 6.96. The van der Waals surface area contributed by atoms with Crippen LogP contribution in [0.2, 0.25) is 0 Å². The number of likely N-dealkylation sites (tertiary alicyclic amines) is 1. The molecule has 0 aromatic heterocycles. The van der Waals surface area contributed by atoms with Gasteiger partial charge in [-0.15, -0.1) is 0 Å². The van der Waals surface area contributed by atoms with Gasteiger partial charge in [0.25, 0.3) is 11.7 Å². The minimum absolute atomic E-state index is 0.0562. The number of ether oxygens (including phenoxy) is 1. The van der Waals surface area contributed by atoms with Crippen molar-refractivity contribution in [3.63, 3.8) is 0 Å². The van der Waals surface area contributed by atoms with Gasteiger partial charge in [-0.05, 0) is 43.2 Å². The summed E-state index contributed by atoms with van der Waals surface area (Å²) in [7, 11) is 0. The van der Waals surface area contributed by atoms with E-state index in [0.29, 0.717) is 17.9 Å². The SMILES string of the molecule is CCCOc1ccc(C(O)=C2C(=O)C(=O)N(CCCO)[C@H]2c2ccccc2F)cc1. The zero-order valence-electron chi connectivity index (χ0n) is 16.7. The molecule has 158 valence electrons. The third-order valence-corrected chi connectivity index (χ3v) is 4.90. The van der Waals surface area contributed by atoms with Gasteiger partial charge in [-0.25, -0.2) is 4.39 Å². The molecular formula is C23H24FNO5. The van der Waals surface area contributed by atoms with E-state index in [1.54, 1.807) is 30.3 Å². The fourth-order valence-electron chi connectivity index (χ4n) is 3.46. The standard InChI is InChI=1S/C23H24FNO5/c1-2-14-30-16-10-8-15(9-11-16)21(27)19-20(17-6-3-4-7-18(17)24)25(12-5-13-26)23(29)22(19)28/h3-4,6-11,20,26-27H,2,5,12-14H2,1H3/t20-/m0/s1. The van der Waals surface area contributed by atoms with Crippen LogP contribution in [0.15, 0.2) is 54.1 Å². The summed E-state index contributed by atoms with van der Waals surface area (Å²) in [4.78, 5) is 26.6. The van der Waals surface area contributed by atoms with Crippen LogP contribution in [0.3, 0.4) is 0 Å². The fraction of sp³-hybridized carbons (Fsp3) is 0.304. The zero-order chi connectivity index (χ0) is 21.7. The normalized spacial score (nSPS) is 18.1. The Labute approximate surface area is 174 Å². The van der Waals surface area contributed by atoms with Gasteiger partial charge < -0.3 is 19.8 Å². The van der Waals surface area contributed by atoms with Crippen molar-refractivity contribution in [1.29, 1.82) is 0 Å². The van der Waals surface area contributed by atoms with Crippen LogP contribution < -0.4 is 4.74 Å². The Balaban J connectivity index is 2.08. The van der Waals surface area contributed by atoms with Crippen molar-refractivity contribution in [2.45, 2.75) is 25.8 Å². The number of halogens is 1. The van der Waals surface area contributed by atoms with E-state index in [-0.39, 0.29) is 36.5 Å². The number of Topliss-reactive ketones (excluding diaryl/α,β-unsaturated/α-hetero) is 1. The molecule has 0 spiro atoms. The number of nitrogens with zero attached hydrogens (tertiary/aromatic N) is 1. The number of ketones is 1. The predicted octanol–water partition coefficient (Wildman–Crippen LogP) is 3.42. The van der Waals surface area contributed by atoms with E-state index in [0.717, 1.165) is 6.42 Å². The zero-order valence-corrected chi connectivity index (χ0v) is 16.7. The van der Waals surface area contributed by atoms with Crippen molar-refractivity contribution in [2.24, 2.45) is 0 Å². The van der Waals surface area contributed by atoms with E-state index in [2.05, 4.69) is 0 Å². The number of carbonyl (C=O) groups excluding carboxylic acids is 2. The average molecular weight is 413 g/mol. The summed E-state index contributed by atoms with van der Waals surface area (Å²) in [5.41, 5.74) is 0.254. The first-order valence-corrected chi connectivity index (χ1v) is 9.86. The van der Waals surface area contributed by atoms with Crippen LogP contribution in [0.1, 0.15) is 36.9 Å². The smallest absolute Gasteiger partial charge is 0.295 e. The maximum atomic E-state index is 14.6. The summed E-state index contributed by atoms with van der Waals surface area (Å²) in [5, 5.41) is 20.1. The van der Waals surface area contributed by atoms with Gasteiger partial charge in [-0.3, -0.25) is 9.59 Å². The largest absolute Gasteiger partial charge is 0.507 e. The number of benzene rings is 2. The van der Waals surface area contributed by atoms with Crippen LogP contribution >= 0.6 is 0 Å². The van der Waals surface area contributed by atoms with E-state index >= 15 is 0 Å². The number of hydrogen-bond donors (Lipinski definition) is 2. The van der Waals surface area contributed by atoms with E-state index in [1.165, 1.54) is 23.1 Å². The maximum Gasteiger partial charge on any atom is 0.295 e. The van der Waals surface area contributed by atoms with Crippen LogP contribution in [0.25, 0.3) is 5.76 Å². The predicted molar refractivity (Wildman–Crippen MR) is 109 cm³/mol. The van der Waals surface area contributed by atoms with Gasteiger partial charge in [0.2, 0.25) is 0 Å². The number of rotatable bonds is 8. The quantitative estimate of drug-likeness (QED) is 0.393. The summed E-state index contributed by atoms with van der Waals surface area (Å²) in [6, 6.07) is 11.2. The molecule has 7 heteroatoms. The molecule has 1 saturated heterocycles. The van der Waals surface area contributed by atoms with Crippen LogP contribution in [-0.2, 0) is 9.59 Å². The maximum absolute atomic E-state index is 14.6. The Hall–Kier alpha value is -3.19. The molecule has 0 aliphatic carbocycles. The number of carbonyl (C=O) groups is 2. The summed E-state index contributed by atoms with van der Waals surface area (Å²) in [5.74, 6) is -2.07. The molecule has 1 heterocycles. The van der Waals surface area contributed by atoms with E-state index in [1.807, 2.05) is 6.92 Å². The number of aliphatic hydroxyl groups excluding tert-OH is 2. The fourth-order valence-corrected chi connectivity index (χ4v) is 3.46. The van der Waals surface area contributed by atoms with Gasteiger partial charge >= 0.3 is 0 Å². The molecular weight excluding hydrogens is 389 g/mol. The Morgan fingerprint density at radius 1 is 1.13 bits per heavy atom. The summed E-state index contributed by atoms with van der Waals surface area (Å²) in [6.45, 7) is 2.40. The Morgan fingerprint density at radius 2 is 1.83 bits per heavy atom. The molecule has 3 rings (SSSR count). The minimum atomic E-state index is -1.08. The van der Waals surface area contributed by atoms with Gasteiger partial charge in [-0.1, -0.05) is 25.1 Å². The highest BCUT2D eigenvalue weighted by Gasteiger charge is 2.46. The number of hydrogen-bond acceptors (Lipinski definition) is 5. The minimum Gasteiger partial charge on any atom is -0.507 e. The lowest BCUT2D eigenvalue weighted by Crippen LogP contribution is -2.31. The molecule has 1 amide bonds. The van der Waals surface area contributed by atoms with Crippen LogP contribution in [0.5, 0.6) is 5.75 Å². The first-order valence-electron chi connectivity index (χ1n) is 9.86. The molecule has 0 saturated carbocycles. The molecule has 1 aliphatic heterocycles. The molecule has 30 heavy (non-hydrogen) atoms. The summed E-state index contributed by atoms with van der Waals surface area (Å²) in [6.07, 6.45) is 1.07. The van der Waals surface area contributed by atoms with Gasteiger partial charge in [0.05, 0.1) is 18.2 Å². The molecule has 2 aromatic carbocycles. The van der Waals surface area contributed by atoms with E-state index in [9.17, 15) is 19.1 Å². The number of aliphatic hydroxyl groups is 2. The molecule has 1 fully saturated rings. The van der Waals surface area contributed by atoms with Crippen molar-refractivity contribution >= 4 is 17.4 Å². The second-order valence-corrected chi connectivity index (χ2v) is 6.96. The molecule has 1 aliphatic rings. The van der Waals surface area contributed by atoms with Crippen molar-refractivity contribution < 1.29 is 28.9 Å². The van der Waals surface area contributed by atoms with E-state index < -0.39 is 23.5 Å². The molecule has 6 nitrogen and oxygen atoms in total. The van der Waals surface area contributed by atoms with E-state index in [4.69, 9.17) is 9.84 Å². The highest BCUT2D eigenvalue weighted by atomic mass is 19.1. The van der Waals surface area contributed by atoms with Crippen molar-refractivity contribution in [3.8, 4) is 5.75 Å². The summed E-state index contributed by atoms with van der Waals surface area (Å²) < 4.78 is 20.1. The Kier molecular flexibility index (Phi) is 6.84. The Morgan fingerprint density at radius 3 is 2.47 bits per heavy atom. The van der Waals surface area contributed by atoms with Crippen molar-refractivity contribution in [1.82, 2.24) is 4.90 Å². The first kappa shape index (κ1) is 21.5. The third-order valence-electron chi connectivity index (χ3n) is 4.90. The van der Waals surface area contributed by atoms with Gasteiger partial charge in [-0.2, -0.15) is 0 Å². The van der Waals surface area contributed by atoms with Gasteiger partial charge in [0, 0.05) is 24.3 Å².